The average molecular weight is 269 g/mol. The summed E-state index contributed by atoms with van der Waals surface area (Å²) in [6, 6.07) is 19.3. The molecule has 21 heavy (non-hydrogen) atoms. The molecule has 2 aromatic rings. The van der Waals surface area contributed by atoms with Crippen LogP contribution in [0.4, 0.5) is 0 Å². The van der Waals surface area contributed by atoms with Crippen LogP contribution in [0, 0.1) is 30.6 Å². The van der Waals surface area contributed by atoms with Crippen LogP contribution < -0.4 is 10.4 Å². The molecule has 0 aromatic heterocycles. The second kappa shape index (κ2) is 4.87. The maximum atomic E-state index is 2.33. The zero-order valence-electron chi connectivity index (χ0n) is 12.4. The molecule has 0 heteroatoms. The first-order valence-corrected chi connectivity index (χ1v) is 7.39. The quantitative estimate of drug-likeness (QED) is 0.745. The van der Waals surface area contributed by atoms with Gasteiger partial charge in [0.15, 0.2) is 0 Å². The van der Waals surface area contributed by atoms with Gasteiger partial charge in [0.25, 0.3) is 0 Å². The van der Waals surface area contributed by atoms with E-state index >= 15 is 0 Å². The summed E-state index contributed by atoms with van der Waals surface area (Å²) in [6.07, 6.45) is 4.67. The smallest absolute Gasteiger partial charge is 0.0170 e. The molecule has 2 aromatic carbocycles. The van der Waals surface area contributed by atoms with E-state index in [1.807, 2.05) is 0 Å². The fraction of sp³-hybridized carbons (Fsp3) is 0.0952. The summed E-state index contributed by atoms with van der Waals surface area (Å²) in [5.41, 5.74) is 4.05. The van der Waals surface area contributed by atoms with E-state index in [1.54, 1.807) is 0 Å². The summed E-state index contributed by atoms with van der Waals surface area (Å²) >= 11 is 0. The molecule has 0 atom stereocenters. The maximum absolute atomic E-state index is 2.33. The van der Waals surface area contributed by atoms with Gasteiger partial charge in [-0.25, -0.2) is 0 Å². The number of fused-ring (bicyclic) bond motifs is 2. The van der Waals surface area contributed by atoms with Crippen LogP contribution in [0.15, 0.2) is 54.6 Å². The Hall–Kier alpha value is -1.82. The van der Waals surface area contributed by atoms with E-state index in [2.05, 4.69) is 81.3 Å². The van der Waals surface area contributed by atoms with Gasteiger partial charge in [-0.2, -0.15) is 0 Å². The highest BCUT2D eigenvalue weighted by Crippen LogP contribution is 2.50. The molecular formula is C21H17. The van der Waals surface area contributed by atoms with Crippen molar-refractivity contribution in [2.75, 3.05) is 0 Å². The molecule has 0 spiro atoms. The van der Waals surface area contributed by atoms with E-state index in [0.29, 0.717) is 0 Å². The summed E-state index contributed by atoms with van der Waals surface area (Å²) in [5.74, 6) is 4.07. The standard InChI is InChI=1S/C21H17/c1-14-18-10-6-7-11-19(18)15(2)21-13-17(12-20(14)21)16-8-4-3-5-9-16/h3-13H,1-2H3. The number of rotatable bonds is 1. The average Bonchev–Trinajstić information content (AvgIpc) is 2.99. The third-order valence-corrected chi connectivity index (χ3v) is 4.54. The molecule has 0 nitrogen and oxygen atoms in total. The van der Waals surface area contributed by atoms with Crippen LogP contribution in [-0.2, 0) is 0 Å². The Morgan fingerprint density at radius 3 is 1.57 bits per heavy atom. The summed E-state index contributed by atoms with van der Waals surface area (Å²) in [4.78, 5) is 0. The molecule has 2 aliphatic rings. The van der Waals surface area contributed by atoms with E-state index in [4.69, 9.17) is 0 Å². The molecule has 0 bridgehead atoms. The fourth-order valence-electron chi connectivity index (χ4n) is 3.35. The molecule has 101 valence electrons. The lowest BCUT2D eigenvalue weighted by Gasteiger charge is -2.24. The Morgan fingerprint density at radius 2 is 1.05 bits per heavy atom. The van der Waals surface area contributed by atoms with Crippen LogP contribution in [0.1, 0.15) is 19.4 Å². The van der Waals surface area contributed by atoms with Crippen LogP contribution in [0.2, 0.25) is 0 Å². The zero-order chi connectivity index (χ0) is 14.4. The first-order chi connectivity index (χ1) is 10.3. The van der Waals surface area contributed by atoms with Crippen molar-refractivity contribution in [1.82, 2.24) is 0 Å². The predicted molar refractivity (Wildman–Crippen MR) is 87.7 cm³/mol. The number of hydrogen-bond acceptors (Lipinski definition) is 0. The Labute approximate surface area is 126 Å². The van der Waals surface area contributed by atoms with Gasteiger partial charge in [-0.3, -0.25) is 0 Å². The minimum Gasteiger partial charge on any atom is -0.0622 e. The molecule has 4 rings (SSSR count). The van der Waals surface area contributed by atoms with Gasteiger partial charge >= 0.3 is 0 Å². The topological polar surface area (TPSA) is 0 Å². The summed E-state index contributed by atoms with van der Waals surface area (Å²) in [6.45, 7) is 4.47. The van der Waals surface area contributed by atoms with Crippen LogP contribution in [-0.4, -0.2) is 0 Å². The predicted octanol–water partition coefficient (Wildman–Crippen LogP) is 3.24. The third-order valence-electron chi connectivity index (χ3n) is 4.54. The largest absolute Gasteiger partial charge is 0.0622 e. The highest BCUT2D eigenvalue weighted by Gasteiger charge is 2.40. The molecule has 0 heterocycles. The van der Waals surface area contributed by atoms with Crippen LogP contribution in [0.3, 0.4) is 0 Å². The first kappa shape index (κ1) is 12.9. The van der Waals surface area contributed by atoms with Crippen LogP contribution in [0.5, 0.6) is 0 Å². The molecule has 1 fully saturated rings. The highest BCUT2D eigenvalue weighted by atomic mass is 14.4. The minimum absolute atomic E-state index is 1.29. The van der Waals surface area contributed by atoms with Gasteiger partial charge in [-0.15, -0.1) is 0 Å². The Kier molecular flexibility index (Phi) is 2.99. The van der Waals surface area contributed by atoms with Crippen molar-refractivity contribution in [3.8, 4) is 0 Å². The third kappa shape index (κ3) is 1.97. The van der Waals surface area contributed by atoms with E-state index < -0.39 is 0 Å². The second-order valence-corrected chi connectivity index (χ2v) is 5.73. The van der Waals surface area contributed by atoms with Crippen LogP contribution in [0.25, 0.3) is 11.1 Å². The van der Waals surface area contributed by atoms with E-state index in [1.165, 1.54) is 44.9 Å². The van der Waals surface area contributed by atoms with E-state index in [0.717, 1.165) is 0 Å². The van der Waals surface area contributed by atoms with Crippen molar-refractivity contribution >= 4 is 11.1 Å². The van der Waals surface area contributed by atoms with E-state index in [-0.39, 0.29) is 0 Å². The lowest BCUT2D eigenvalue weighted by Crippen LogP contribution is -2.35. The van der Waals surface area contributed by atoms with Crippen molar-refractivity contribution in [2.24, 2.45) is 0 Å². The molecule has 0 saturated heterocycles. The van der Waals surface area contributed by atoms with Crippen molar-refractivity contribution in [3.05, 3.63) is 101 Å². The van der Waals surface area contributed by atoms with Gasteiger partial charge in [0, 0.05) is 17.8 Å². The number of hydrogen-bond donors (Lipinski definition) is 0. The summed E-state index contributed by atoms with van der Waals surface area (Å²) in [7, 11) is 0. The van der Waals surface area contributed by atoms with Crippen molar-refractivity contribution < 1.29 is 0 Å². The molecule has 2 aliphatic carbocycles. The SMILES string of the molecule is CC1=c2ccccc2=C(C)[C]2[CH][C](c3ccccc3)[CH][C]21. The summed E-state index contributed by atoms with van der Waals surface area (Å²) < 4.78 is 0. The maximum Gasteiger partial charge on any atom is 0.0170 e. The van der Waals surface area contributed by atoms with Gasteiger partial charge in [-0.05, 0) is 42.7 Å². The Morgan fingerprint density at radius 1 is 0.571 bits per heavy atom. The molecule has 0 unspecified atom stereocenters. The van der Waals surface area contributed by atoms with Crippen LogP contribution >= 0.6 is 0 Å². The first-order valence-electron chi connectivity index (χ1n) is 7.39. The van der Waals surface area contributed by atoms with Gasteiger partial charge in [0.05, 0.1) is 0 Å². The monoisotopic (exact) mass is 269 g/mol. The van der Waals surface area contributed by atoms with E-state index in [9.17, 15) is 0 Å². The lowest BCUT2D eigenvalue weighted by molar-refractivity contribution is 1.18. The van der Waals surface area contributed by atoms with Gasteiger partial charge in [0.2, 0.25) is 0 Å². The summed E-state index contributed by atoms with van der Waals surface area (Å²) in [5, 5.41) is 2.74. The van der Waals surface area contributed by atoms with Gasteiger partial charge in [-0.1, -0.05) is 65.7 Å². The molecular weight excluding hydrogens is 252 g/mol. The molecule has 0 N–H and O–H groups in total. The Bertz CT molecular complexity index is 733. The Balaban J connectivity index is 1.80. The van der Waals surface area contributed by atoms with Crippen molar-refractivity contribution in [2.45, 2.75) is 13.8 Å². The van der Waals surface area contributed by atoms with Crippen molar-refractivity contribution in [3.63, 3.8) is 0 Å². The van der Waals surface area contributed by atoms with Crippen molar-refractivity contribution in [1.29, 1.82) is 0 Å². The van der Waals surface area contributed by atoms with Gasteiger partial charge in [0.1, 0.15) is 0 Å². The molecule has 5 radical (unpaired) electrons. The molecule has 0 aliphatic heterocycles. The second-order valence-electron chi connectivity index (χ2n) is 5.73. The molecule has 1 saturated carbocycles. The van der Waals surface area contributed by atoms with Gasteiger partial charge < -0.3 is 0 Å². The normalized spacial score (nSPS) is 19.7. The minimum atomic E-state index is 1.29. The molecule has 0 amide bonds. The number of benzene rings is 2. The highest BCUT2D eigenvalue weighted by molar-refractivity contribution is 5.89. The zero-order valence-corrected chi connectivity index (χ0v) is 12.4. The fourth-order valence-corrected chi connectivity index (χ4v) is 3.35. The lowest BCUT2D eigenvalue weighted by atomic mass is 9.79.